The van der Waals surface area contributed by atoms with Crippen molar-refractivity contribution in [1.82, 2.24) is 0 Å². The number of hydrogen-bond donors (Lipinski definition) is 1. The van der Waals surface area contributed by atoms with Crippen LogP contribution in [0.15, 0.2) is 21.1 Å². The maximum Gasteiger partial charge on any atom is 0.387 e. The summed E-state index contributed by atoms with van der Waals surface area (Å²) < 4.78 is 28.4. The van der Waals surface area contributed by atoms with Crippen molar-refractivity contribution in [3.63, 3.8) is 0 Å². The summed E-state index contributed by atoms with van der Waals surface area (Å²) in [6.07, 6.45) is 0. The van der Waals surface area contributed by atoms with E-state index in [1.807, 2.05) is 0 Å². The number of hydrogen-bond acceptors (Lipinski definition) is 2. The number of aromatic hydroxyl groups is 1. The number of rotatable bonds is 2. The molecule has 0 amide bonds. The highest BCUT2D eigenvalue weighted by atomic mass is 79.9. The van der Waals surface area contributed by atoms with E-state index in [-0.39, 0.29) is 16.0 Å². The fourth-order valence-corrected chi connectivity index (χ4v) is 1.48. The summed E-state index contributed by atoms with van der Waals surface area (Å²) in [7, 11) is 0. The lowest BCUT2D eigenvalue weighted by Gasteiger charge is -2.08. The van der Waals surface area contributed by atoms with E-state index in [4.69, 9.17) is 0 Å². The average Bonchev–Trinajstić information content (AvgIpc) is 1.98. The van der Waals surface area contributed by atoms with Gasteiger partial charge in [0.2, 0.25) is 0 Å². The smallest absolute Gasteiger partial charge is 0.387 e. The summed E-state index contributed by atoms with van der Waals surface area (Å²) in [6.45, 7) is -2.91. The summed E-state index contributed by atoms with van der Waals surface area (Å²) >= 11 is 5.94. The Labute approximate surface area is 89.8 Å². The Morgan fingerprint density at radius 2 is 1.92 bits per heavy atom. The first-order chi connectivity index (χ1) is 6.00. The molecule has 1 rings (SSSR count). The largest absolute Gasteiger partial charge is 0.507 e. The minimum Gasteiger partial charge on any atom is -0.507 e. The molecule has 0 bridgehead atoms. The monoisotopic (exact) mass is 316 g/mol. The van der Waals surface area contributed by atoms with Crippen LogP contribution in [0, 0.1) is 0 Å². The van der Waals surface area contributed by atoms with Gasteiger partial charge in [-0.3, -0.25) is 0 Å². The lowest BCUT2D eigenvalue weighted by molar-refractivity contribution is -0.0504. The normalized spacial score (nSPS) is 10.5. The lowest BCUT2D eigenvalue weighted by atomic mass is 10.3. The van der Waals surface area contributed by atoms with Gasteiger partial charge < -0.3 is 9.84 Å². The van der Waals surface area contributed by atoms with Crippen molar-refractivity contribution < 1.29 is 18.6 Å². The fourth-order valence-electron chi connectivity index (χ4n) is 0.732. The Hall–Kier alpha value is -0.360. The van der Waals surface area contributed by atoms with Gasteiger partial charge in [0.15, 0.2) is 0 Å². The van der Waals surface area contributed by atoms with E-state index >= 15 is 0 Å². The predicted octanol–water partition coefficient (Wildman–Crippen LogP) is 3.52. The maximum absolute atomic E-state index is 11.8. The van der Waals surface area contributed by atoms with Crippen LogP contribution < -0.4 is 4.74 Å². The van der Waals surface area contributed by atoms with Crippen molar-refractivity contribution in [2.45, 2.75) is 6.61 Å². The Balaban J connectivity index is 3.05. The van der Waals surface area contributed by atoms with Gasteiger partial charge in [0.25, 0.3) is 0 Å². The van der Waals surface area contributed by atoms with Crippen molar-refractivity contribution in [3.8, 4) is 11.5 Å². The van der Waals surface area contributed by atoms with E-state index in [2.05, 4.69) is 36.6 Å². The van der Waals surface area contributed by atoms with E-state index in [9.17, 15) is 13.9 Å². The predicted molar refractivity (Wildman–Crippen MR) is 50.1 cm³/mol. The third kappa shape index (κ3) is 2.80. The van der Waals surface area contributed by atoms with Crippen LogP contribution in [0.5, 0.6) is 11.5 Å². The number of ether oxygens (including phenoxy) is 1. The van der Waals surface area contributed by atoms with Crippen LogP contribution in [0.25, 0.3) is 0 Å². The van der Waals surface area contributed by atoms with Crippen molar-refractivity contribution in [2.75, 3.05) is 0 Å². The molecule has 0 aromatic heterocycles. The van der Waals surface area contributed by atoms with E-state index in [1.54, 1.807) is 0 Å². The van der Waals surface area contributed by atoms with E-state index in [0.29, 0.717) is 4.47 Å². The van der Waals surface area contributed by atoms with Crippen LogP contribution in [0.3, 0.4) is 0 Å². The van der Waals surface area contributed by atoms with Gasteiger partial charge in [-0.05, 0) is 28.1 Å². The summed E-state index contributed by atoms with van der Waals surface area (Å²) in [5.41, 5.74) is 0. The molecule has 0 unspecified atom stereocenters. The molecule has 13 heavy (non-hydrogen) atoms. The molecule has 2 nitrogen and oxygen atoms in total. The molecule has 6 heteroatoms. The first-order valence-electron chi connectivity index (χ1n) is 3.13. The van der Waals surface area contributed by atoms with Crippen LogP contribution in [0.1, 0.15) is 0 Å². The van der Waals surface area contributed by atoms with Crippen LogP contribution in [-0.4, -0.2) is 11.7 Å². The highest BCUT2D eigenvalue weighted by Gasteiger charge is 2.12. The van der Waals surface area contributed by atoms with Gasteiger partial charge in [0.05, 0.1) is 0 Å². The van der Waals surface area contributed by atoms with E-state index < -0.39 is 6.61 Å². The SMILES string of the molecule is Oc1cc(Br)cc(OC(F)F)c1Br. The minimum atomic E-state index is -2.91. The van der Waals surface area contributed by atoms with Crippen molar-refractivity contribution >= 4 is 31.9 Å². The third-order valence-electron chi connectivity index (χ3n) is 1.20. The molecule has 1 aromatic rings. The Bertz CT molecular complexity index is 318. The number of alkyl halides is 2. The van der Waals surface area contributed by atoms with Gasteiger partial charge in [0.1, 0.15) is 16.0 Å². The van der Waals surface area contributed by atoms with Gasteiger partial charge in [-0.2, -0.15) is 8.78 Å². The Kier molecular flexibility index (Phi) is 3.49. The minimum absolute atomic E-state index is 0.107. The first kappa shape index (κ1) is 10.7. The molecule has 0 heterocycles. The molecule has 0 aliphatic carbocycles. The second-order valence-electron chi connectivity index (χ2n) is 2.12. The zero-order valence-corrected chi connectivity index (χ0v) is 9.27. The lowest BCUT2D eigenvalue weighted by Crippen LogP contribution is -2.02. The molecule has 0 saturated heterocycles. The van der Waals surface area contributed by atoms with Gasteiger partial charge >= 0.3 is 6.61 Å². The summed E-state index contributed by atoms with van der Waals surface area (Å²) in [6, 6.07) is 2.69. The molecule has 0 aliphatic rings. The van der Waals surface area contributed by atoms with Crippen LogP contribution in [-0.2, 0) is 0 Å². The summed E-state index contributed by atoms with van der Waals surface area (Å²) in [5, 5.41) is 9.19. The molecule has 0 radical (unpaired) electrons. The van der Waals surface area contributed by atoms with Crippen molar-refractivity contribution in [2.24, 2.45) is 0 Å². The van der Waals surface area contributed by atoms with Crippen LogP contribution >= 0.6 is 31.9 Å². The topological polar surface area (TPSA) is 29.5 Å². The van der Waals surface area contributed by atoms with E-state index in [1.165, 1.54) is 12.1 Å². The molecule has 0 saturated carbocycles. The molecule has 0 aliphatic heterocycles. The highest BCUT2D eigenvalue weighted by molar-refractivity contribution is 9.11. The number of benzene rings is 1. The number of phenolic OH excluding ortho intramolecular Hbond substituents is 1. The molecule has 0 atom stereocenters. The Morgan fingerprint density at radius 1 is 1.31 bits per heavy atom. The molecule has 1 aromatic carbocycles. The molecular weight excluding hydrogens is 314 g/mol. The maximum atomic E-state index is 11.8. The van der Waals surface area contributed by atoms with Gasteiger partial charge in [-0.25, -0.2) is 0 Å². The van der Waals surface area contributed by atoms with Crippen molar-refractivity contribution in [1.29, 1.82) is 0 Å². The molecule has 72 valence electrons. The summed E-state index contributed by atoms with van der Waals surface area (Å²) in [5.74, 6) is -0.271. The van der Waals surface area contributed by atoms with Gasteiger partial charge in [-0.15, -0.1) is 0 Å². The zero-order chi connectivity index (χ0) is 10.0. The quantitative estimate of drug-likeness (QED) is 0.904. The van der Waals surface area contributed by atoms with Gasteiger partial charge in [-0.1, -0.05) is 15.9 Å². The Morgan fingerprint density at radius 3 is 2.46 bits per heavy atom. The standard InChI is InChI=1S/C7H4Br2F2O2/c8-3-1-4(12)6(9)5(2-3)13-7(10)11/h1-2,7,12H. The highest BCUT2D eigenvalue weighted by Crippen LogP contribution is 2.37. The second-order valence-corrected chi connectivity index (χ2v) is 3.82. The second kappa shape index (κ2) is 4.23. The molecule has 1 N–H and O–H groups in total. The third-order valence-corrected chi connectivity index (χ3v) is 2.46. The van der Waals surface area contributed by atoms with Crippen LogP contribution in [0.4, 0.5) is 8.78 Å². The summed E-state index contributed by atoms with van der Waals surface area (Å²) in [4.78, 5) is 0. The average molecular weight is 318 g/mol. The zero-order valence-electron chi connectivity index (χ0n) is 6.10. The number of halogens is 4. The van der Waals surface area contributed by atoms with E-state index in [0.717, 1.165) is 0 Å². The number of phenols is 1. The molecular formula is C7H4Br2F2O2. The van der Waals surface area contributed by atoms with Crippen molar-refractivity contribution in [3.05, 3.63) is 21.1 Å². The molecule has 0 spiro atoms. The fraction of sp³-hybridized carbons (Fsp3) is 0.143. The molecule has 0 fully saturated rings. The van der Waals surface area contributed by atoms with Gasteiger partial charge in [0, 0.05) is 4.47 Å². The first-order valence-corrected chi connectivity index (χ1v) is 4.72. The van der Waals surface area contributed by atoms with Crippen LogP contribution in [0.2, 0.25) is 0 Å².